The number of oxazole rings is 1. The molecular formula is C15H17N3O. The van der Waals surface area contributed by atoms with E-state index in [1.807, 2.05) is 24.3 Å². The molecule has 1 aromatic heterocycles. The highest BCUT2D eigenvalue weighted by Gasteiger charge is 2.73. The number of aromatic nitrogens is 1. The Morgan fingerprint density at radius 1 is 1.37 bits per heavy atom. The predicted molar refractivity (Wildman–Crippen MR) is 73.0 cm³/mol. The number of likely N-dealkylation sites (N-methyl/N-ethyl adjacent to an activating group) is 1. The first-order valence-corrected chi connectivity index (χ1v) is 7.09. The molecule has 2 aliphatic carbocycles. The molecule has 4 unspecified atom stereocenters. The summed E-state index contributed by atoms with van der Waals surface area (Å²) in [5.41, 5.74) is 2.45. The first-order chi connectivity index (χ1) is 9.26. The number of rotatable bonds is 2. The van der Waals surface area contributed by atoms with Crippen LogP contribution in [0.25, 0.3) is 11.1 Å². The number of hydrogen-bond donors (Lipinski definition) is 1. The van der Waals surface area contributed by atoms with E-state index >= 15 is 0 Å². The molecule has 2 saturated carbocycles. The lowest BCUT2D eigenvalue weighted by Gasteiger charge is -2.46. The summed E-state index contributed by atoms with van der Waals surface area (Å²) >= 11 is 0. The zero-order valence-electron chi connectivity index (χ0n) is 11.0. The van der Waals surface area contributed by atoms with Crippen LogP contribution in [0.3, 0.4) is 0 Å². The van der Waals surface area contributed by atoms with Crippen LogP contribution < -0.4 is 5.32 Å². The molecule has 98 valence electrons. The lowest BCUT2D eigenvalue weighted by Crippen LogP contribution is -2.57. The third-order valence-electron chi connectivity index (χ3n) is 5.44. The molecule has 4 atom stereocenters. The van der Waals surface area contributed by atoms with E-state index < -0.39 is 0 Å². The maximum Gasteiger partial charge on any atom is 0.295 e. The van der Waals surface area contributed by atoms with E-state index in [9.17, 15) is 0 Å². The number of nitrogens with zero attached hydrogens (tertiary/aromatic N) is 2. The van der Waals surface area contributed by atoms with Crippen LogP contribution in [0.2, 0.25) is 0 Å². The van der Waals surface area contributed by atoms with Crippen LogP contribution in [0, 0.1) is 11.3 Å². The lowest BCUT2D eigenvalue weighted by atomic mass is 9.71. The summed E-state index contributed by atoms with van der Waals surface area (Å²) in [7, 11) is 2.25. The fraction of sp³-hybridized carbons (Fsp3) is 0.533. The van der Waals surface area contributed by atoms with Gasteiger partial charge in [0.1, 0.15) is 5.52 Å². The van der Waals surface area contributed by atoms with Crippen LogP contribution in [0.5, 0.6) is 0 Å². The minimum atomic E-state index is 0.505. The van der Waals surface area contributed by atoms with E-state index in [1.165, 1.54) is 19.4 Å². The molecule has 0 radical (unpaired) electrons. The lowest BCUT2D eigenvalue weighted by molar-refractivity contribution is 0.0967. The minimum absolute atomic E-state index is 0.505. The van der Waals surface area contributed by atoms with Gasteiger partial charge in [0.25, 0.3) is 6.01 Å². The van der Waals surface area contributed by atoms with Gasteiger partial charge in [-0.3, -0.25) is 0 Å². The number of likely N-dealkylation sites (tertiary alicyclic amines) is 1. The van der Waals surface area contributed by atoms with Gasteiger partial charge in [-0.05, 0) is 43.4 Å². The van der Waals surface area contributed by atoms with Gasteiger partial charge in [0.2, 0.25) is 0 Å². The smallest absolute Gasteiger partial charge is 0.295 e. The zero-order valence-corrected chi connectivity index (χ0v) is 11.0. The second-order valence-electron chi connectivity index (χ2n) is 6.46. The van der Waals surface area contributed by atoms with Gasteiger partial charge in [0, 0.05) is 18.6 Å². The van der Waals surface area contributed by atoms with Gasteiger partial charge in [-0.25, -0.2) is 0 Å². The van der Waals surface area contributed by atoms with Gasteiger partial charge in [-0.15, -0.1) is 0 Å². The summed E-state index contributed by atoms with van der Waals surface area (Å²) in [6, 6.07) is 9.80. The van der Waals surface area contributed by atoms with Crippen molar-refractivity contribution >= 4 is 17.1 Å². The zero-order chi connectivity index (χ0) is 12.6. The average molecular weight is 255 g/mol. The number of hydrogen-bond acceptors (Lipinski definition) is 4. The van der Waals surface area contributed by atoms with Crippen molar-refractivity contribution in [3.8, 4) is 0 Å². The second-order valence-corrected chi connectivity index (χ2v) is 6.46. The maximum atomic E-state index is 5.76. The van der Waals surface area contributed by atoms with Crippen LogP contribution in [0.15, 0.2) is 28.7 Å². The van der Waals surface area contributed by atoms with Gasteiger partial charge in [-0.2, -0.15) is 4.98 Å². The van der Waals surface area contributed by atoms with E-state index in [-0.39, 0.29) is 0 Å². The number of piperidine rings is 1. The highest BCUT2D eigenvalue weighted by Crippen LogP contribution is 2.71. The van der Waals surface area contributed by atoms with Crippen LogP contribution in [0.4, 0.5) is 6.01 Å². The molecule has 2 aromatic rings. The number of anilines is 1. The first kappa shape index (κ1) is 10.3. The third-order valence-corrected chi connectivity index (χ3v) is 5.44. The molecule has 1 aliphatic heterocycles. The molecule has 19 heavy (non-hydrogen) atoms. The van der Waals surface area contributed by atoms with Crippen molar-refractivity contribution < 1.29 is 4.42 Å². The van der Waals surface area contributed by atoms with Gasteiger partial charge in [0.15, 0.2) is 5.58 Å². The summed E-state index contributed by atoms with van der Waals surface area (Å²) < 4.78 is 5.76. The van der Waals surface area contributed by atoms with Crippen molar-refractivity contribution in [2.24, 2.45) is 11.3 Å². The molecule has 3 fully saturated rings. The summed E-state index contributed by atoms with van der Waals surface area (Å²) in [5, 5.41) is 3.50. The number of nitrogens with one attached hydrogen (secondary N) is 1. The van der Waals surface area contributed by atoms with Crippen LogP contribution in [-0.2, 0) is 0 Å². The summed E-state index contributed by atoms with van der Waals surface area (Å²) in [6.45, 7) is 1.27. The molecule has 3 aliphatic rings. The highest BCUT2D eigenvalue weighted by molar-refractivity contribution is 5.74. The van der Waals surface area contributed by atoms with Crippen molar-refractivity contribution in [3.63, 3.8) is 0 Å². The van der Waals surface area contributed by atoms with Crippen LogP contribution in [-0.4, -0.2) is 35.6 Å². The molecule has 0 amide bonds. The normalized spacial score (nSPS) is 39.7. The van der Waals surface area contributed by atoms with Crippen molar-refractivity contribution in [2.75, 3.05) is 18.9 Å². The van der Waals surface area contributed by atoms with Gasteiger partial charge in [-0.1, -0.05) is 12.1 Å². The molecule has 1 N–H and O–H groups in total. The molecule has 5 rings (SSSR count). The Morgan fingerprint density at radius 3 is 3.11 bits per heavy atom. The highest BCUT2D eigenvalue weighted by atomic mass is 16.4. The van der Waals surface area contributed by atoms with E-state index in [4.69, 9.17) is 4.42 Å². The largest absolute Gasteiger partial charge is 0.424 e. The molecule has 4 nitrogen and oxygen atoms in total. The maximum absolute atomic E-state index is 5.76. The number of para-hydroxylation sites is 2. The summed E-state index contributed by atoms with van der Waals surface area (Å²) in [5.74, 6) is 0.962. The van der Waals surface area contributed by atoms with Gasteiger partial charge < -0.3 is 14.6 Å². The van der Waals surface area contributed by atoms with Crippen LogP contribution in [0.1, 0.15) is 12.8 Å². The molecule has 1 spiro atoms. The molecule has 2 heterocycles. The number of fused-ring (bicyclic) bond motifs is 1. The quantitative estimate of drug-likeness (QED) is 0.894. The van der Waals surface area contributed by atoms with Gasteiger partial charge >= 0.3 is 0 Å². The summed E-state index contributed by atoms with van der Waals surface area (Å²) in [6.07, 6.45) is 2.72. The summed E-state index contributed by atoms with van der Waals surface area (Å²) in [4.78, 5) is 7.03. The fourth-order valence-corrected chi connectivity index (χ4v) is 4.57. The van der Waals surface area contributed by atoms with Crippen molar-refractivity contribution in [1.29, 1.82) is 0 Å². The first-order valence-electron chi connectivity index (χ1n) is 7.09. The van der Waals surface area contributed by atoms with E-state index in [2.05, 4.69) is 22.2 Å². The fourth-order valence-electron chi connectivity index (χ4n) is 4.57. The monoisotopic (exact) mass is 255 g/mol. The van der Waals surface area contributed by atoms with Crippen LogP contribution >= 0.6 is 0 Å². The Kier molecular flexibility index (Phi) is 1.69. The topological polar surface area (TPSA) is 41.3 Å². The minimum Gasteiger partial charge on any atom is -0.424 e. The van der Waals surface area contributed by atoms with E-state index in [0.29, 0.717) is 23.5 Å². The molecule has 1 saturated heterocycles. The Morgan fingerprint density at radius 2 is 2.26 bits per heavy atom. The molecule has 4 heteroatoms. The Balaban J connectivity index is 1.41. The van der Waals surface area contributed by atoms with E-state index in [1.54, 1.807) is 0 Å². The van der Waals surface area contributed by atoms with Gasteiger partial charge in [0.05, 0.1) is 0 Å². The van der Waals surface area contributed by atoms with E-state index in [0.717, 1.165) is 17.0 Å². The standard InChI is InChI=1S/C15H17N3O/c1-18-8-9-6-15(9)7-11(13(15)18)17-14-16-10-4-2-3-5-12(10)19-14/h2-5,9,11,13H,6-8H2,1H3,(H,16,17). The molecule has 1 aromatic carbocycles. The number of benzene rings is 1. The molecular weight excluding hydrogens is 238 g/mol. The Bertz CT molecular complexity index is 633. The third kappa shape index (κ3) is 1.20. The Hall–Kier alpha value is -1.55. The predicted octanol–water partition coefficient (Wildman–Crippen LogP) is 2.33. The van der Waals surface area contributed by atoms with Crippen molar-refractivity contribution in [1.82, 2.24) is 9.88 Å². The Labute approximate surface area is 111 Å². The average Bonchev–Trinajstić information content (AvgIpc) is 2.84. The second kappa shape index (κ2) is 3.12. The van der Waals surface area contributed by atoms with Crippen molar-refractivity contribution in [3.05, 3.63) is 24.3 Å². The molecule has 0 bridgehead atoms. The SMILES string of the molecule is CN1CC2CC23CC(Nc2nc4ccccc4o2)C13. The van der Waals surface area contributed by atoms with Crippen molar-refractivity contribution in [2.45, 2.75) is 24.9 Å².